The van der Waals surface area contributed by atoms with Crippen molar-refractivity contribution in [1.82, 2.24) is 30.4 Å². The van der Waals surface area contributed by atoms with E-state index in [0.717, 1.165) is 58.7 Å². The third-order valence-electron chi connectivity index (χ3n) is 6.06. The highest BCUT2D eigenvalue weighted by Gasteiger charge is 2.38. The van der Waals surface area contributed by atoms with Gasteiger partial charge in [0.25, 0.3) is 0 Å². The van der Waals surface area contributed by atoms with Gasteiger partial charge >= 0.3 is 0 Å². The number of morpholine rings is 1. The van der Waals surface area contributed by atoms with Gasteiger partial charge in [0, 0.05) is 36.5 Å². The molecular formula is C20H30N6O2S2. The fourth-order valence-corrected chi connectivity index (χ4v) is 5.84. The zero-order valence-corrected chi connectivity index (χ0v) is 18.9. The predicted octanol–water partition coefficient (Wildman–Crippen LogP) is 2.22. The van der Waals surface area contributed by atoms with Crippen LogP contribution in [0.4, 0.5) is 0 Å². The van der Waals surface area contributed by atoms with Crippen LogP contribution >= 0.6 is 23.1 Å². The Labute approximate surface area is 185 Å². The van der Waals surface area contributed by atoms with Gasteiger partial charge in [-0.15, -0.1) is 16.4 Å². The van der Waals surface area contributed by atoms with E-state index in [1.165, 1.54) is 35.9 Å². The number of nitrogens with one attached hydrogen (secondary N) is 1. The summed E-state index contributed by atoms with van der Waals surface area (Å²) in [5, 5.41) is 17.9. The molecule has 1 saturated heterocycles. The molecule has 0 bridgehead atoms. The second-order valence-corrected chi connectivity index (χ2v) is 9.94. The summed E-state index contributed by atoms with van der Waals surface area (Å²) in [5.41, 5.74) is 0.0879. The molecule has 0 atom stereocenters. The number of thiophene rings is 1. The van der Waals surface area contributed by atoms with Crippen LogP contribution in [-0.4, -0.2) is 75.2 Å². The maximum absolute atomic E-state index is 12.6. The minimum absolute atomic E-state index is 0.0472. The van der Waals surface area contributed by atoms with Crippen LogP contribution in [0.3, 0.4) is 0 Å². The monoisotopic (exact) mass is 450 g/mol. The molecule has 30 heavy (non-hydrogen) atoms. The second kappa shape index (κ2) is 10.7. The zero-order chi connectivity index (χ0) is 20.7. The lowest BCUT2D eigenvalue weighted by molar-refractivity contribution is -0.119. The Morgan fingerprint density at radius 2 is 2.10 bits per heavy atom. The van der Waals surface area contributed by atoms with Gasteiger partial charge in [-0.3, -0.25) is 9.69 Å². The molecule has 1 saturated carbocycles. The summed E-state index contributed by atoms with van der Waals surface area (Å²) < 4.78 is 7.33. The summed E-state index contributed by atoms with van der Waals surface area (Å²) in [7, 11) is 0. The van der Waals surface area contributed by atoms with E-state index < -0.39 is 0 Å². The van der Waals surface area contributed by atoms with Crippen molar-refractivity contribution < 1.29 is 9.53 Å². The van der Waals surface area contributed by atoms with Crippen molar-refractivity contribution in [3.05, 3.63) is 22.4 Å². The first-order valence-corrected chi connectivity index (χ1v) is 12.6. The Morgan fingerprint density at radius 3 is 2.87 bits per heavy atom. The fraction of sp³-hybridized carbons (Fsp3) is 0.700. The average molecular weight is 451 g/mol. The highest BCUT2D eigenvalue weighted by atomic mass is 32.2. The number of thioether (sulfide) groups is 1. The van der Waals surface area contributed by atoms with Crippen molar-refractivity contribution in [2.24, 2.45) is 0 Å². The molecule has 1 amide bonds. The van der Waals surface area contributed by atoms with Gasteiger partial charge in [-0.05, 0) is 34.7 Å². The SMILES string of the molecule is O=C(CSc1nnnn1CCc1cccs1)NCC1(N2CCOCC2)CCCCC1. The highest BCUT2D eigenvalue weighted by molar-refractivity contribution is 7.99. The number of carbonyl (C=O) groups excluding carboxylic acids is 1. The van der Waals surface area contributed by atoms with Crippen molar-refractivity contribution in [1.29, 1.82) is 0 Å². The van der Waals surface area contributed by atoms with Crippen LogP contribution in [0.1, 0.15) is 37.0 Å². The molecule has 0 unspecified atom stereocenters. The third-order valence-corrected chi connectivity index (χ3v) is 7.96. The summed E-state index contributed by atoms with van der Waals surface area (Å²) in [6.45, 7) is 4.94. The number of aromatic nitrogens is 4. The van der Waals surface area contributed by atoms with Gasteiger partial charge in [0.05, 0.1) is 25.5 Å². The first kappa shape index (κ1) is 21.7. The molecule has 164 valence electrons. The van der Waals surface area contributed by atoms with Gasteiger partial charge in [0.1, 0.15) is 0 Å². The molecule has 2 aromatic heterocycles. The highest BCUT2D eigenvalue weighted by Crippen LogP contribution is 2.34. The van der Waals surface area contributed by atoms with Gasteiger partial charge in [-0.25, -0.2) is 4.68 Å². The summed E-state index contributed by atoms with van der Waals surface area (Å²) in [6, 6.07) is 4.17. The Balaban J connectivity index is 1.26. The van der Waals surface area contributed by atoms with E-state index in [-0.39, 0.29) is 11.4 Å². The molecule has 2 aromatic rings. The summed E-state index contributed by atoms with van der Waals surface area (Å²) in [5.74, 6) is 0.379. The van der Waals surface area contributed by atoms with Crippen molar-refractivity contribution in [2.45, 2.75) is 55.8 Å². The third kappa shape index (κ3) is 5.60. The average Bonchev–Trinajstić information content (AvgIpc) is 3.48. The molecule has 2 aliphatic rings. The normalized spacial score (nSPS) is 19.6. The summed E-state index contributed by atoms with van der Waals surface area (Å²) >= 11 is 3.14. The van der Waals surface area contributed by atoms with Gasteiger partial charge in [-0.1, -0.05) is 37.1 Å². The Morgan fingerprint density at radius 1 is 1.27 bits per heavy atom. The van der Waals surface area contributed by atoms with Gasteiger partial charge in [0.15, 0.2) is 0 Å². The molecule has 1 aliphatic heterocycles. The van der Waals surface area contributed by atoms with Crippen LogP contribution in [0, 0.1) is 0 Å². The van der Waals surface area contributed by atoms with Crippen molar-refractivity contribution >= 4 is 29.0 Å². The minimum Gasteiger partial charge on any atom is -0.379 e. The lowest BCUT2D eigenvalue weighted by atomic mass is 9.79. The van der Waals surface area contributed by atoms with Gasteiger partial charge in [0.2, 0.25) is 11.1 Å². The Hall–Kier alpha value is -1.49. The number of rotatable bonds is 9. The molecule has 3 heterocycles. The zero-order valence-electron chi connectivity index (χ0n) is 17.3. The minimum atomic E-state index is 0.0472. The van der Waals surface area contributed by atoms with Crippen molar-refractivity contribution in [3.8, 4) is 0 Å². The summed E-state index contributed by atoms with van der Waals surface area (Å²) in [6.07, 6.45) is 6.97. The standard InChI is InChI=1S/C20H30N6O2S2/c27-18(15-30-19-22-23-24-26(19)9-6-17-5-4-14-29-17)21-16-20(7-2-1-3-8-20)25-10-12-28-13-11-25/h4-5,14H,1-3,6-13,15-16H2,(H,21,27). The first-order valence-electron chi connectivity index (χ1n) is 10.8. The number of nitrogens with zero attached hydrogens (tertiary/aromatic N) is 5. The van der Waals surface area contributed by atoms with Crippen LogP contribution in [0.25, 0.3) is 0 Å². The lowest BCUT2D eigenvalue weighted by Gasteiger charge is -2.48. The number of hydrogen-bond acceptors (Lipinski definition) is 8. The molecule has 0 radical (unpaired) electrons. The van der Waals surface area contributed by atoms with E-state index in [1.807, 2.05) is 0 Å². The molecule has 8 nitrogen and oxygen atoms in total. The van der Waals surface area contributed by atoms with E-state index in [9.17, 15) is 4.79 Å². The number of carbonyl (C=O) groups is 1. The number of ether oxygens (including phenoxy) is 1. The van der Waals surface area contributed by atoms with E-state index in [1.54, 1.807) is 16.0 Å². The molecular weight excluding hydrogens is 420 g/mol. The fourth-order valence-electron chi connectivity index (χ4n) is 4.41. The maximum Gasteiger partial charge on any atom is 0.230 e. The van der Waals surface area contributed by atoms with E-state index in [0.29, 0.717) is 10.9 Å². The molecule has 4 rings (SSSR count). The van der Waals surface area contributed by atoms with Gasteiger partial charge < -0.3 is 10.1 Å². The number of tetrazole rings is 1. The number of aryl methyl sites for hydroxylation is 2. The molecule has 2 fully saturated rings. The molecule has 0 aromatic carbocycles. The topological polar surface area (TPSA) is 85.2 Å². The molecule has 1 aliphatic carbocycles. The molecule has 1 N–H and O–H groups in total. The number of amides is 1. The molecule has 0 spiro atoms. The van der Waals surface area contributed by atoms with Crippen LogP contribution in [-0.2, 0) is 22.5 Å². The smallest absolute Gasteiger partial charge is 0.230 e. The van der Waals surface area contributed by atoms with Crippen LogP contribution in [0.15, 0.2) is 22.7 Å². The van der Waals surface area contributed by atoms with Crippen LogP contribution in [0.5, 0.6) is 0 Å². The lowest BCUT2D eigenvalue weighted by Crippen LogP contribution is -2.59. The largest absolute Gasteiger partial charge is 0.379 e. The van der Waals surface area contributed by atoms with E-state index in [2.05, 4.69) is 43.3 Å². The maximum atomic E-state index is 12.6. The summed E-state index contributed by atoms with van der Waals surface area (Å²) in [4.78, 5) is 16.5. The predicted molar refractivity (Wildman–Crippen MR) is 118 cm³/mol. The quantitative estimate of drug-likeness (QED) is 0.586. The van der Waals surface area contributed by atoms with Crippen molar-refractivity contribution in [2.75, 3.05) is 38.6 Å². The first-order chi connectivity index (χ1) is 14.8. The van der Waals surface area contributed by atoms with Gasteiger partial charge in [-0.2, -0.15) is 0 Å². The Kier molecular flexibility index (Phi) is 7.75. The van der Waals surface area contributed by atoms with Crippen LogP contribution < -0.4 is 5.32 Å². The van der Waals surface area contributed by atoms with E-state index >= 15 is 0 Å². The van der Waals surface area contributed by atoms with Crippen molar-refractivity contribution in [3.63, 3.8) is 0 Å². The Bertz CT molecular complexity index is 785. The van der Waals surface area contributed by atoms with E-state index in [4.69, 9.17) is 4.74 Å². The number of hydrogen-bond donors (Lipinski definition) is 1. The molecule has 10 heteroatoms. The van der Waals surface area contributed by atoms with Crippen LogP contribution in [0.2, 0.25) is 0 Å². The second-order valence-electron chi connectivity index (χ2n) is 7.96.